The van der Waals surface area contributed by atoms with Crippen molar-refractivity contribution in [2.45, 2.75) is 45.6 Å². The van der Waals surface area contributed by atoms with Crippen molar-refractivity contribution < 1.29 is 13.5 Å². The fraction of sp³-hybridized carbons (Fsp3) is 0.769. The number of hydrogen-bond acceptors (Lipinski definition) is 4. The molecule has 1 heterocycles. The van der Waals surface area contributed by atoms with Gasteiger partial charge >= 0.3 is 0 Å². The average molecular weight is 292 g/mol. The molecule has 0 aliphatic heterocycles. The number of alkyl halides is 2. The molecule has 0 amide bonds. The molecule has 3 nitrogen and oxygen atoms in total. The summed E-state index contributed by atoms with van der Waals surface area (Å²) in [6.07, 6.45) is 0.208. The molecule has 0 bridgehead atoms. The molecule has 0 spiro atoms. The van der Waals surface area contributed by atoms with Crippen LogP contribution in [0.15, 0.2) is 5.38 Å². The molecule has 0 radical (unpaired) electrons. The van der Waals surface area contributed by atoms with Crippen molar-refractivity contribution in [3.05, 3.63) is 16.1 Å². The Bertz CT molecular complexity index is 347. The summed E-state index contributed by atoms with van der Waals surface area (Å²) >= 11 is 1.63. The first-order valence-corrected chi connectivity index (χ1v) is 7.50. The van der Waals surface area contributed by atoms with Crippen molar-refractivity contribution in [3.8, 4) is 0 Å². The molecule has 19 heavy (non-hydrogen) atoms. The molecule has 1 N–H and O–H groups in total. The monoisotopic (exact) mass is 292 g/mol. The predicted octanol–water partition coefficient (Wildman–Crippen LogP) is 3.03. The van der Waals surface area contributed by atoms with Crippen LogP contribution >= 0.6 is 11.3 Å². The summed E-state index contributed by atoms with van der Waals surface area (Å²) in [6.45, 7) is 4.88. The minimum atomic E-state index is -2.39. The van der Waals surface area contributed by atoms with Gasteiger partial charge in [0.1, 0.15) is 6.61 Å². The zero-order valence-corrected chi connectivity index (χ0v) is 12.3. The zero-order chi connectivity index (χ0) is 14.1. The number of ether oxygens (including phenoxy) is 1. The highest BCUT2D eigenvalue weighted by atomic mass is 32.1. The van der Waals surface area contributed by atoms with Gasteiger partial charge in [0.15, 0.2) is 0 Å². The molecule has 1 aromatic rings. The Morgan fingerprint density at radius 3 is 2.84 bits per heavy atom. The van der Waals surface area contributed by atoms with Gasteiger partial charge in [-0.3, -0.25) is 0 Å². The second kappa shape index (κ2) is 9.34. The SMILES string of the molecule is CCCNC(CCOCC(F)F)Cc1csc(C)n1. The van der Waals surface area contributed by atoms with Gasteiger partial charge in [0.2, 0.25) is 0 Å². The van der Waals surface area contributed by atoms with Gasteiger partial charge in [0, 0.05) is 24.4 Å². The van der Waals surface area contributed by atoms with Crippen molar-refractivity contribution in [1.82, 2.24) is 10.3 Å². The lowest BCUT2D eigenvalue weighted by molar-refractivity contribution is 0.0144. The largest absolute Gasteiger partial charge is 0.375 e. The molecule has 110 valence electrons. The van der Waals surface area contributed by atoms with Gasteiger partial charge in [0.25, 0.3) is 6.43 Å². The normalized spacial score (nSPS) is 13.1. The van der Waals surface area contributed by atoms with Crippen LogP contribution in [0.4, 0.5) is 8.78 Å². The summed E-state index contributed by atoms with van der Waals surface area (Å²) in [4.78, 5) is 4.43. The summed E-state index contributed by atoms with van der Waals surface area (Å²) in [5, 5.41) is 6.52. The van der Waals surface area contributed by atoms with Crippen molar-refractivity contribution in [2.75, 3.05) is 19.8 Å². The van der Waals surface area contributed by atoms with E-state index in [4.69, 9.17) is 4.74 Å². The number of hydrogen-bond donors (Lipinski definition) is 1. The van der Waals surface area contributed by atoms with Crippen LogP contribution in [-0.4, -0.2) is 37.2 Å². The van der Waals surface area contributed by atoms with E-state index < -0.39 is 13.0 Å². The molecular formula is C13H22F2N2OS. The Morgan fingerprint density at radius 2 is 2.26 bits per heavy atom. The van der Waals surface area contributed by atoms with Gasteiger partial charge in [-0.1, -0.05) is 6.92 Å². The van der Waals surface area contributed by atoms with E-state index >= 15 is 0 Å². The van der Waals surface area contributed by atoms with Gasteiger partial charge < -0.3 is 10.1 Å². The van der Waals surface area contributed by atoms with Crippen molar-refractivity contribution in [3.63, 3.8) is 0 Å². The number of aromatic nitrogens is 1. The van der Waals surface area contributed by atoms with E-state index in [9.17, 15) is 8.78 Å². The molecule has 1 rings (SSSR count). The fourth-order valence-electron chi connectivity index (χ4n) is 1.78. The fourth-order valence-corrected chi connectivity index (χ4v) is 2.40. The third kappa shape index (κ3) is 7.54. The molecular weight excluding hydrogens is 270 g/mol. The quantitative estimate of drug-likeness (QED) is 0.673. The molecule has 0 fully saturated rings. The lowest BCUT2D eigenvalue weighted by Gasteiger charge is -2.17. The molecule has 6 heteroatoms. The molecule has 1 unspecified atom stereocenters. The molecule has 1 atom stereocenters. The first kappa shape index (κ1) is 16.5. The van der Waals surface area contributed by atoms with E-state index in [0.717, 1.165) is 36.5 Å². The average Bonchev–Trinajstić information content (AvgIpc) is 2.76. The third-order valence-electron chi connectivity index (χ3n) is 2.66. The van der Waals surface area contributed by atoms with Gasteiger partial charge in [-0.15, -0.1) is 11.3 Å². The summed E-state index contributed by atoms with van der Waals surface area (Å²) in [5.41, 5.74) is 1.06. The Balaban J connectivity index is 2.33. The smallest absolute Gasteiger partial charge is 0.261 e. The van der Waals surface area contributed by atoms with Crippen LogP contribution < -0.4 is 5.32 Å². The highest BCUT2D eigenvalue weighted by molar-refractivity contribution is 7.09. The Kier molecular flexibility index (Phi) is 8.09. The van der Waals surface area contributed by atoms with Crippen molar-refractivity contribution in [1.29, 1.82) is 0 Å². The van der Waals surface area contributed by atoms with Gasteiger partial charge in [-0.05, 0) is 26.3 Å². The number of nitrogens with one attached hydrogen (secondary N) is 1. The highest BCUT2D eigenvalue weighted by Crippen LogP contribution is 2.11. The second-order valence-corrected chi connectivity index (χ2v) is 5.53. The molecule has 0 aliphatic carbocycles. The molecule has 0 saturated carbocycles. The lowest BCUT2D eigenvalue weighted by Crippen LogP contribution is -2.33. The van der Waals surface area contributed by atoms with Crippen LogP contribution in [0.5, 0.6) is 0 Å². The zero-order valence-electron chi connectivity index (χ0n) is 11.5. The Morgan fingerprint density at radius 1 is 1.47 bits per heavy atom. The standard InChI is InChI=1S/C13H22F2N2OS/c1-3-5-16-11(4-6-18-8-13(14)15)7-12-9-19-10(2)17-12/h9,11,13,16H,3-8H2,1-2H3. The van der Waals surface area contributed by atoms with Crippen LogP contribution in [0.25, 0.3) is 0 Å². The molecule has 0 aromatic carbocycles. The van der Waals surface area contributed by atoms with Crippen LogP contribution in [0, 0.1) is 6.92 Å². The summed E-state index contributed by atoms with van der Waals surface area (Å²) in [5.74, 6) is 0. The van der Waals surface area contributed by atoms with E-state index in [1.54, 1.807) is 11.3 Å². The van der Waals surface area contributed by atoms with Gasteiger partial charge in [-0.2, -0.15) is 0 Å². The first-order valence-electron chi connectivity index (χ1n) is 6.62. The number of aryl methyl sites for hydroxylation is 1. The topological polar surface area (TPSA) is 34.1 Å². The number of thiazole rings is 1. The summed E-state index contributed by atoms with van der Waals surface area (Å²) in [6, 6.07) is 0.235. The lowest BCUT2D eigenvalue weighted by atomic mass is 10.1. The van der Waals surface area contributed by atoms with Crippen LogP contribution in [0.1, 0.15) is 30.5 Å². The molecule has 1 aromatic heterocycles. The second-order valence-electron chi connectivity index (χ2n) is 4.47. The van der Waals surface area contributed by atoms with E-state index in [2.05, 4.69) is 22.6 Å². The first-order chi connectivity index (χ1) is 9.11. The Labute approximate surface area is 117 Å². The van der Waals surface area contributed by atoms with Crippen LogP contribution in [-0.2, 0) is 11.2 Å². The maximum absolute atomic E-state index is 12.0. The van der Waals surface area contributed by atoms with E-state index in [-0.39, 0.29) is 6.04 Å². The maximum atomic E-state index is 12.0. The number of halogens is 2. The van der Waals surface area contributed by atoms with Crippen LogP contribution in [0.3, 0.4) is 0 Å². The van der Waals surface area contributed by atoms with Gasteiger partial charge in [0.05, 0.1) is 10.7 Å². The molecule has 0 saturated heterocycles. The maximum Gasteiger partial charge on any atom is 0.261 e. The van der Waals surface area contributed by atoms with Crippen molar-refractivity contribution >= 4 is 11.3 Å². The number of rotatable bonds is 10. The van der Waals surface area contributed by atoms with Crippen LogP contribution in [0.2, 0.25) is 0 Å². The molecule has 0 aliphatic rings. The van der Waals surface area contributed by atoms with E-state index in [0.29, 0.717) is 6.61 Å². The Hall–Kier alpha value is -0.590. The highest BCUT2D eigenvalue weighted by Gasteiger charge is 2.11. The summed E-state index contributed by atoms with van der Waals surface area (Å²) in [7, 11) is 0. The predicted molar refractivity (Wildman–Crippen MR) is 74.1 cm³/mol. The summed E-state index contributed by atoms with van der Waals surface area (Å²) < 4.78 is 28.9. The van der Waals surface area contributed by atoms with E-state index in [1.165, 1.54) is 0 Å². The number of nitrogens with zero attached hydrogens (tertiary/aromatic N) is 1. The third-order valence-corrected chi connectivity index (χ3v) is 3.48. The van der Waals surface area contributed by atoms with E-state index in [1.807, 2.05) is 6.92 Å². The van der Waals surface area contributed by atoms with Gasteiger partial charge in [-0.25, -0.2) is 13.8 Å². The van der Waals surface area contributed by atoms with Crippen molar-refractivity contribution in [2.24, 2.45) is 0 Å². The minimum absolute atomic E-state index is 0.235. The minimum Gasteiger partial charge on any atom is -0.375 e.